The first-order valence-corrected chi connectivity index (χ1v) is 5.81. The Hall–Kier alpha value is -0.980. The van der Waals surface area contributed by atoms with Gasteiger partial charge in [-0.15, -0.1) is 0 Å². The molecule has 1 aliphatic rings. The molecule has 0 aromatic carbocycles. The molecule has 0 bridgehead atoms. The first-order valence-electron chi connectivity index (χ1n) is 5.81. The van der Waals surface area contributed by atoms with Crippen LogP contribution in [-0.4, -0.2) is 19.0 Å². The molecule has 1 atom stereocenters. The predicted molar refractivity (Wildman–Crippen MR) is 67.7 cm³/mol. The van der Waals surface area contributed by atoms with Crippen molar-refractivity contribution in [2.75, 3.05) is 14.1 Å². The monoisotopic (exact) mass is 205 g/mol. The number of nitrogens with zero attached hydrogens (tertiary/aromatic N) is 1. The van der Waals surface area contributed by atoms with E-state index in [0.717, 1.165) is 6.42 Å². The van der Waals surface area contributed by atoms with Crippen LogP contribution in [0.5, 0.6) is 0 Å². The Bertz CT molecular complexity index is 305. The lowest BCUT2D eigenvalue weighted by atomic mass is 9.91. The van der Waals surface area contributed by atoms with Crippen LogP contribution in [0, 0.1) is 5.92 Å². The fraction of sp³-hybridized carbons (Fsp3) is 0.571. The van der Waals surface area contributed by atoms with Crippen LogP contribution in [0.3, 0.4) is 0 Å². The van der Waals surface area contributed by atoms with Crippen LogP contribution in [0.25, 0.3) is 0 Å². The molecule has 0 fully saturated rings. The van der Waals surface area contributed by atoms with Gasteiger partial charge in [0.25, 0.3) is 0 Å². The molecule has 1 nitrogen and oxygen atoms in total. The van der Waals surface area contributed by atoms with Crippen molar-refractivity contribution in [1.82, 2.24) is 4.90 Å². The van der Waals surface area contributed by atoms with Crippen molar-refractivity contribution in [3.05, 3.63) is 35.1 Å². The van der Waals surface area contributed by atoms with E-state index in [1.807, 2.05) is 0 Å². The van der Waals surface area contributed by atoms with E-state index >= 15 is 0 Å². The maximum Gasteiger partial charge on any atom is 0.0360 e. The fourth-order valence-electron chi connectivity index (χ4n) is 1.77. The van der Waals surface area contributed by atoms with Gasteiger partial charge in [-0.3, -0.25) is 0 Å². The van der Waals surface area contributed by atoms with E-state index < -0.39 is 0 Å². The summed E-state index contributed by atoms with van der Waals surface area (Å²) >= 11 is 0. The molecule has 15 heavy (non-hydrogen) atoms. The minimum Gasteiger partial charge on any atom is -0.378 e. The van der Waals surface area contributed by atoms with E-state index in [4.69, 9.17) is 0 Å². The average molecular weight is 205 g/mol. The average Bonchev–Trinajstić information content (AvgIpc) is 2.27. The minimum atomic E-state index is 0.700. The fourth-order valence-corrected chi connectivity index (χ4v) is 1.77. The number of hydrogen-bond acceptors (Lipinski definition) is 1. The molecule has 0 radical (unpaired) electrons. The summed E-state index contributed by atoms with van der Waals surface area (Å²) in [5.41, 5.74) is 4.34. The number of hydrogen-bond donors (Lipinski definition) is 0. The topological polar surface area (TPSA) is 3.24 Å². The lowest BCUT2D eigenvalue weighted by Crippen LogP contribution is -2.11. The van der Waals surface area contributed by atoms with Crippen molar-refractivity contribution in [3.8, 4) is 0 Å². The maximum absolute atomic E-state index is 2.32. The van der Waals surface area contributed by atoms with Gasteiger partial charge >= 0.3 is 0 Å². The standard InChI is InChI=1S/C14H23N/c1-6-11(2)12(3)13-8-7-9-14(10-13)15(4)5/h7,9-11H,6,8H2,1-5H3. The van der Waals surface area contributed by atoms with E-state index in [2.05, 4.69) is 58.0 Å². The quantitative estimate of drug-likeness (QED) is 0.678. The summed E-state index contributed by atoms with van der Waals surface area (Å²) in [5, 5.41) is 0. The Balaban J connectivity index is 2.94. The van der Waals surface area contributed by atoms with Crippen LogP contribution in [0.2, 0.25) is 0 Å². The lowest BCUT2D eigenvalue weighted by molar-refractivity contribution is 0.527. The normalized spacial score (nSPS) is 21.0. The van der Waals surface area contributed by atoms with Crippen LogP contribution in [0.4, 0.5) is 0 Å². The Labute approximate surface area is 94.2 Å². The Morgan fingerprint density at radius 3 is 2.67 bits per heavy atom. The van der Waals surface area contributed by atoms with Crippen LogP contribution in [0.15, 0.2) is 35.1 Å². The molecule has 0 amide bonds. The van der Waals surface area contributed by atoms with Crippen molar-refractivity contribution in [3.63, 3.8) is 0 Å². The van der Waals surface area contributed by atoms with E-state index in [9.17, 15) is 0 Å². The van der Waals surface area contributed by atoms with Crippen molar-refractivity contribution in [2.24, 2.45) is 5.92 Å². The van der Waals surface area contributed by atoms with Crippen molar-refractivity contribution < 1.29 is 0 Å². The lowest BCUT2D eigenvalue weighted by Gasteiger charge is -2.20. The highest BCUT2D eigenvalue weighted by Crippen LogP contribution is 2.25. The van der Waals surface area contributed by atoms with Gasteiger partial charge in [0.05, 0.1) is 0 Å². The molecule has 0 spiro atoms. The molecule has 1 heteroatoms. The van der Waals surface area contributed by atoms with E-state index in [-0.39, 0.29) is 0 Å². The minimum absolute atomic E-state index is 0.700. The first kappa shape index (κ1) is 12.1. The summed E-state index contributed by atoms with van der Waals surface area (Å²) in [6.45, 7) is 6.83. The van der Waals surface area contributed by atoms with Crippen LogP contribution in [-0.2, 0) is 0 Å². The van der Waals surface area contributed by atoms with Crippen LogP contribution in [0.1, 0.15) is 33.6 Å². The number of likely N-dealkylation sites (N-methyl/N-ethyl adjacent to an activating group) is 1. The molecule has 0 aromatic heterocycles. The van der Waals surface area contributed by atoms with E-state index in [1.165, 1.54) is 17.7 Å². The molecule has 1 aliphatic carbocycles. The highest BCUT2D eigenvalue weighted by atomic mass is 15.1. The highest BCUT2D eigenvalue weighted by Gasteiger charge is 2.09. The third kappa shape index (κ3) is 2.98. The molecule has 1 rings (SSSR count). The summed E-state index contributed by atoms with van der Waals surface area (Å²) < 4.78 is 0. The second kappa shape index (κ2) is 5.20. The molecule has 0 saturated heterocycles. The molecule has 0 N–H and O–H groups in total. The van der Waals surface area contributed by atoms with Crippen molar-refractivity contribution in [1.29, 1.82) is 0 Å². The molecular formula is C14H23N. The van der Waals surface area contributed by atoms with Crippen molar-refractivity contribution in [2.45, 2.75) is 33.6 Å². The Morgan fingerprint density at radius 2 is 2.13 bits per heavy atom. The van der Waals surface area contributed by atoms with Gasteiger partial charge in [-0.1, -0.05) is 25.5 Å². The SMILES string of the molecule is CCC(C)C(C)=C1C=C(N(C)C)C=CC1. The van der Waals surface area contributed by atoms with Gasteiger partial charge in [0.2, 0.25) is 0 Å². The Morgan fingerprint density at radius 1 is 1.47 bits per heavy atom. The van der Waals surface area contributed by atoms with Gasteiger partial charge in [0, 0.05) is 19.8 Å². The molecule has 0 saturated carbocycles. The summed E-state index contributed by atoms with van der Waals surface area (Å²) in [7, 11) is 4.19. The van der Waals surface area contributed by atoms with Gasteiger partial charge in [-0.05, 0) is 43.4 Å². The van der Waals surface area contributed by atoms with Crippen LogP contribution >= 0.6 is 0 Å². The van der Waals surface area contributed by atoms with E-state index in [1.54, 1.807) is 5.57 Å². The van der Waals surface area contributed by atoms with E-state index in [0.29, 0.717) is 5.92 Å². The Kier molecular flexibility index (Phi) is 4.19. The zero-order valence-corrected chi connectivity index (χ0v) is 10.7. The van der Waals surface area contributed by atoms with Crippen LogP contribution < -0.4 is 0 Å². The predicted octanol–water partition coefficient (Wildman–Crippen LogP) is 3.75. The maximum atomic E-state index is 2.32. The third-order valence-corrected chi connectivity index (χ3v) is 3.32. The first-order chi connectivity index (χ1) is 7.06. The van der Waals surface area contributed by atoms with Gasteiger partial charge in [0.15, 0.2) is 0 Å². The number of rotatable bonds is 3. The molecule has 84 valence electrons. The molecule has 0 aromatic rings. The molecule has 1 unspecified atom stereocenters. The van der Waals surface area contributed by atoms with Gasteiger partial charge in [0.1, 0.15) is 0 Å². The molecule has 0 heterocycles. The second-order valence-electron chi connectivity index (χ2n) is 4.59. The molecular weight excluding hydrogens is 182 g/mol. The van der Waals surface area contributed by atoms with Gasteiger partial charge in [-0.25, -0.2) is 0 Å². The molecule has 0 aliphatic heterocycles. The largest absolute Gasteiger partial charge is 0.378 e. The summed E-state index contributed by atoms with van der Waals surface area (Å²) in [6, 6.07) is 0. The highest BCUT2D eigenvalue weighted by molar-refractivity contribution is 5.38. The van der Waals surface area contributed by atoms with Gasteiger partial charge < -0.3 is 4.90 Å². The van der Waals surface area contributed by atoms with Gasteiger partial charge in [-0.2, -0.15) is 0 Å². The van der Waals surface area contributed by atoms with Crippen molar-refractivity contribution >= 4 is 0 Å². The zero-order valence-electron chi connectivity index (χ0n) is 10.7. The summed E-state index contributed by atoms with van der Waals surface area (Å²) in [4.78, 5) is 2.17. The number of allylic oxidation sites excluding steroid dienone is 5. The third-order valence-electron chi connectivity index (χ3n) is 3.32. The zero-order chi connectivity index (χ0) is 11.4. The smallest absolute Gasteiger partial charge is 0.0360 e. The summed E-state index contributed by atoms with van der Waals surface area (Å²) in [5.74, 6) is 0.700. The summed E-state index contributed by atoms with van der Waals surface area (Å²) in [6.07, 6.45) is 9.10. The second-order valence-corrected chi connectivity index (χ2v) is 4.59.